The highest BCUT2D eigenvalue weighted by Crippen LogP contribution is 2.49. The summed E-state index contributed by atoms with van der Waals surface area (Å²) in [6.07, 6.45) is 4.27. The molecule has 0 aliphatic rings. The quantitative estimate of drug-likeness (QED) is 0.427. The summed E-state index contributed by atoms with van der Waals surface area (Å²) >= 11 is 0. The Kier molecular flexibility index (Phi) is 8.59. The number of unbranched alkanes of at least 4 members (excludes halogenated alkanes) is 1. The summed E-state index contributed by atoms with van der Waals surface area (Å²) < 4.78 is 24.3. The van der Waals surface area contributed by atoms with Gasteiger partial charge in [-0.3, -0.25) is 4.52 Å². The molecule has 1 unspecified atom stereocenters. The van der Waals surface area contributed by atoms with E-state index in [4.69, 9.17) is 9.05 Å². The molecule has 5 heteroatoms. The fourth-order valence-corrected chi connectivity index (χ4v) is 3.85. The van der Waals surface area contributed by atoms with Gasteiger partial charge in [0.2, 0.25) is 0 Å². The second kappa shape index (κ2) is 9.91. The van der Waals surface area contributed by atoms with Crippen LogP contribution in [0.5, 0.6) is 5.75 Å². The van der Waals surface area contributed by atoms with Gasteiger partial charge in [-0.1, -0.05) is 27.2 Å². The summed E-state index contributed by atoms with van der Waals surface area (Å²) in [5, 5.41) is 3.05. The Morgan fingerprint density at radius 2 is 1.86 bits per heavy atom. The summed E-state index contributed by atoms with van der Waals surface area (Å²) in [6.45, 7) is 6.92. The van der Waals surface area contributed by atoms with Gasteiger partial charge in [-0.05, 0) is 49.4 Å². The normalized spacial score (nSPS) is 13.9. The minimum atomic E-state index is -3.06. The Morgan fingerprint density at radius 1 is 1.18 bits per heavy atom. The zero-order valence-corrected chi connectivity index (χ0v) is 15.2. The number of anilines is 1. The Labute approximate surface area is 135 Å². The third-order valence-corrected chi connectivity index (χ3v) is 5.32. The minimum absolute atomic E-state index is 0.471. The minimum Gasteiger partial charge on any atom is -0.424 e. The van der Waals surface area contributed by atoms with Gasteiger partial charge in [-0.2, -0.15) is 0 Å². The smallest absolute Gasteiger partial charge is 0.379 e. The summed E-state index contributed by atoms with van der Waals surface area (Å²) in [4.78, 5) is 0. The largest absolute Gasteiger partial charge is 0.424 e. The first-order valence-electron chi connectivity index (χ1n) is 8.20. The van der Waals surface area contributed by atoms with Gasteiger partial charge in [0.1, 0.15) is 5.75 Å². The van der Waals surface area contributed by atoms with Crippen LogP contribution in [0.2, 0.25) is 0 Å². The number of nitrogens with one attached hydrogen (secondary N) is 1. The van der Waals surface area contributed by atoms with E-state index in [0.717, 1.165) is 31.4 Å². The Bertz CT molecular complexity index is 459. The number of benzene rings is 1. The summed E-state index contributed by atoms with van der Waals surface area (Å²) in [5.41, 5.74) is 0.994. The number of rotatable bonds is 11. The van der Waals surface area contributed by atoms with Crippen molar-refractivity contribution in [3.8, 4) is 5.75 Å². The Morgan fingerprint density at radius 3 is 2.41 bits per heavy atom. The molecule has 1 atom stereocenters. The molecular weight excluding hydrogens is 297 g/mol. The van der Waals surface area contributed by atoms with E-state index in [1.807, 2.05) is 31.3 Å². The molecule has 1 aromatic carbocycles. The molecule has 4 nitrogen and oxygen atoms in total. The standard InChI is InChI=1S/C17H30NO3P/c1-5-6-14-22(19,20-13-7-8-15(2)3)21-17-11-9-16(18-4)10-12-17/h9-12,15,18H,5-8,13-14H2,1-4H3. The van der Waals surface area contributed by atoms with Crippen molar-refractivity contribution < 1.29 is 13.6 Å². The number of hydrogen-bond donors (Lipinski definition) is 1. The maximum Gasteiger partial charge on any atom is 0.379 e. The molecule has 0 amide bonds. The van der Waals surface area contributed by atoms with Crippen molar-refractivity contribution in [3.05, 3.63) is 24.3 Å². The highest BCUT2D eigenvalue weighted by molar-refractivity contribution is 7.54. The van der Waals surface area contributed by atoms with Crippen LogP contribution in [-0.4, -0.2) is 19.8 Å². The second-order valence-corrected chi connectivity index (χ2v) is 8.03. The van der Waals surface area contributed by atoms with Gasteiger partial charge >= 0.3 is 7.60 Å². The molecule has 0 spiro atoms. The van der Waals surface area contributed by atoms with Gasteiger partial charge in [0.15, 0.2) is 0 Å². The first-order chi connectivity index (χ1) is 10.5. The van der Waals surface area contributed by atoms with E-state index in [2.05, 4.69) is 26.1 Å². The van der Waals surface area contributed by atoms with Crippen molar-refractivity contribution in [3.63, 3.8) is 0 Å². The zero-order valence-electron chi connectivity index (χ0n) is 14.3. The second-order valence-electron chi connectivity index (χ2n) is 5.92. The lowest BCUT2D eigenvalue weighted by Gasteiger charge is -2.19. The van der Waals surface area contributed by atoms with E-state index in [1.54, 1.807) is 0 Å². The predicted molar refractivity (Wildman–Crippen MR) is 94.0 cm³/mol. The Hall–Kier alpha value is -0.990. The van der Waals surface area contributed by atoms with Crippen LogP contribution in [0.15, 0.2) is 24.3 Å². The lowest BCUT2D eigenvalue weighted by molar-refractivity contribution is 0.253. The lowest BCUT2D eigenvalue weighted by Crippen LogP contribution is -2.05. The first-order valence-corrected chi connectivity index (χ1v) is 9.93. The van der Waals surface area contributed by atoms with Crippen LogP contribution in [0.1, 0.15) is 46.5 Å². The van der Waals surface area contributed by atoms with E-state index >= 15 is 0 Å². The third kappa shape index (κ3) is 7.33. The molecule has 0 aromatic heterocycles. The molecule has 1 N–H and O–H groups in total. The van der Waals surface area contributed by atoms with E-state index < -0.39 is 7.60 Å². The van der Waals surface area contributed by atoms with Crippen molar-refractivity contribution in [1.82, 2.24) is 0 Å². The van der Waals surface area contributed by atoms with Crippen molar-refractivity contribution >= 4 is 13.3 Å². The molecular formula is C17H30NO3P. The molecule has 0 radical (unpaired) electrons. The zero-order chi connectivity index (χ0) is 16.4. The van der Waals surface area contributed by atoms with Crippen LogP contribution >= 0.6 is 7.60 Å². The van der Waals surface area contributed by atoms with Crippen molar-refractivity contribution in [1.29, 1.82) is 0 Å². The van der Waals surface area contributed by atoms with Gasteiger partial charge in [-0.25, -0.2) is 4.57 Å². The molecule has 1 aromatic rings. The van der Waals surface area contributed by atoms with Crippen LogP contribution in [-0.2, 0) is 9.09 Å². The predicted octanol–water partition coefficient (Wildman–Crippen LogP) is 5.55. The highest BCUT2D eigenvalue weighted by atomic mass is 31.2. The molecule has 126 valence electrons. The third-order valence-electron chi connectivity index (χ3n) is 3.39. The topological polar surface area (TPSA) is 47.6 Å². The van der Waals surface area contributed by atoms with E-state index in [-0.39, 0.29) is 0 Å². The maximum atomic E-state index is 12.9. The molecule has 0 saturated heterocycles. The first kappa shape index (κ1) is 19.1. The van der Waals surface area contributed by atoms with Crippen LogP contribution < -0.4 is 9.84 Å². The van der Waals surface area contributed by atoms with E-state index in [9.17, 15) is 4.57 Å². The Balaban J connectivity index is 2.62. The summed E-state index contributed by atoms with van der Waals surface area (Å²) in [7, 11) is -1.20. The van der Waals surface area contributed by atoms with Gasteiger partial charge in [-0.15, -0.1) is 0 Å². The van der Waals surface area contributed by atoms with Crippen molar-refractivity contribution in [2.75, 3.05) is 25.1 Å². The molecule has 1 rings (SSSR count). The van der Waals surface area contributed by atoms with Gasteiger partial charge in [0.05, 0.1) is 12.8 Å². The average Bonchev–Trinajstić information content (AvgIpc) is 2.50. The summed E-state index contributed by atoms with van der Waals surface area (Å²) in [6, 6.07) is 7.44. The van der Waals surface area contributed by atoms with Crippen molar-refractivity contribution in [2.45, 2.75) is 46.5 Å². The van der Waals surface area contributed by atoms with Gasteiger partial charge < -0.3 is 9.84 Å². The lowest BCUT2D eigenvalue weighted by atomic mass is 10.1. The molecule has 0 saturated carbocycles. The average molecular weight is 327 g/mol. The summed E-state index contributed by atoms with van der Waals surface area (Å²) in [5.74, 6) is 1.23. The maximum absolute atomic E-state index is 12.9. The molecule has 0 aliphatic carbocycles. The van der Waals surface area contributed by atoms with Gasteiger partial charge in [0, 0.05) is 12.7 Å². The molecule has 0 heterocycles. The monoisotopic (exact) mass is 327 g/mol. The van der Waals surface area contributed by atoms with Crippen LogP contribution in [0.4, 0.5) is 5.69 Å². The fourth-order valence-electron chi connectivity index (χ4n) is 2.03. The molecule has 0 fully saturated rings. The molecule has 0 bridgehead atoms. The van der Waals surface area contributed by atoms with E-state index in [1.165, 1.54) is 0 Å². The van der Waals surface area contributed by atoms with E-state index in [0.29, 0.717) is 24.4 Å². The van der Waals surface area contributed by atoms with Crippen LogP contribution in [0.3, 0.4) is 0 Å². The van der Waals surface area contributed by atoms with Crippen LogP contribution in [0.25, 0.3) is 0 Å². The van der Waals surface area contributed by atoms with Gasteiger partial charge in [0.25, 0.3) is 0 Å². The van der Waals surface area contributed by atoms with Crippen molar-refractivity contribution in [2.24, 2.45) is 5.92 Å². The molecule has 22 heavy (non-hydrogen) atoms. The fraction of sp³-hybridized carbons (Fsp3) is 0.647. The SMILES string of the molecule is CCCCP(=O)(OCCCC(C)C)Oc1ccc(NC)cc1. The number of hydrogen-bond acceptors (Lipinski definition) is 4. The van der Waals surface area contributed by atoms with Crippen LogP contribution in [0, 0.1) is 5.92 Å². The molecule has 0 aliphatic heterocycles. The highest BCUT2D eigenvalue weighted by Gasteiger charge is 2.25.